The van der Waals surface area contributed by atoms with Crippen LogP contribution in [0, 0.1) is 5.92 Å². The molecule has 0 saturated carbocycles. The number of hydrogen-bond donors (Lipinski definition) is 1. The molecule has 0 unspecified atom stereocenters. The molecule has 1 rings (SSSR count). The summed E-state index contributed by atoms with van der Waals surface area (Å²) in [4.78, 5) is 5.36. The minimum atomic E-state index is 0.770. The Morgan fingerprint density at radius 3 is 2.47 bits per heavy atom. The van der Waals surface area contributed by atoms with Crippen LogP contribution in [0.4, 0.5) is 0 Å². The monoisotopic (exact) mass is 269 g/mol. The zero-order valence-electron chi connectivity index (χ0n) is 13.6. The Labute approximate surface area is 120 Å². The van der Waals surface area contributed by atoms with Crippen molar-refractivity contribution in [3.8, 4) is 0 Å². The summed E-state index contributed by atoms with van der Waals surface area (Å²) in [7, 11) is 0. The zero-order chi connectivity index (χ0) is 14.1. The van der Waals surface area contributed by atoms with Crippen LogP contribution in [-0.4, -0.2) is 61.7 Å². The molecule has 0 radical (unpaired) electrons. The lowest BCUT2D eigenvalue weighted by atomic mass is 10.1. The minimum absolute atomic E-state index is 0.770. The molecule has 1 fully saturated rings. The summed E-state index contributed by atoms with van der Waals surface area (Å²) in [6.07, 6.45) is 3.87. The van der Waals surface area contributed by atoms with Crippen LogP contribution in [0.5, 0.6) is 0 Å². The van der Waals surface area contributed by atoms with E-state index in [1.54, 1.807) is 0 Å². The van der Waals surface area contributed by atoms with E-state index in [0.29, 0.717) is 0 Å². The predicted octanol–water partition coefficient (Wildman–Crippen LogP) is 2.43. The van der Waals surface area contributed by atoms with Crippen molar-refractivity contribution in [2.75, 3.05) is 45.8 Å². The molecule has 1 aliphatic rings. The molecule has 0 aromatic heterocycles. The van der Waals surface area contributed by atoms with Crippen LogP contribution < -0.4 is 5.32 Å². The largest absolute Gasteiger partial charge is 0.315 e. The Kier molecular flexibility index (Phi) is 8.67. The molecule has 1 saturated heterocycles. The van der Waals surface area contributed by atoms with E-state index in [2.05, 4.69) is 42.8 Å². The van der Waals surface area contributed by atoms with Crippen LogP contribution >= 0.6 is 0 Å². The first-order valence-electron chi connectivity index (χ1n) is 8.34. The van der Waals surface area contributed by atoms with Gasteiger partial charge >= 0.3 is 0 Å². The normalized spacial score (nSPS) is 18.5. The van der Waals surface area contributed by atoms with Gasteiger partial charge in [-0.15, -0.1) is 0 Å². The summed E-state index contributed by atoms with van der Waals surface area (Å²) in [6.45, 7) is 17.9. The fraction of sp³-hybridized carbons (Fsp3) is 1.00. The summed E-state index contributed by atoms with van der Waals surface area (Å²) in [6, 6.07) is 0.771. The second-order valence-electron chi connectivity index (χ2n) is 6.30. The highest BCUT2D eigenvalue weighted by molar-refractivity contribution is 4.73. The highest BCUT2D eigenvalue weighted by Crippen LogP contribution is 2.11. The summed E-state index contributed by atoms with van der Waals surface area (Å²) in [5, 5.41) is 3.49. The van der Waals surface area contributed by atoms with Gasteiger partial charge in [-0.3, -0.25) is 4.90 Å². The van der Waals surface area contributed by atoms with E-state index < -0.39 is 0 Å². The van der Waals surface area contributed by atoms with Gasteiger partial charge in [0.1, 0.15) is 0 Å². The van der Waals surface area contributed by atoms with Gasteiger partial charge < -0.3 is 10.2 Å². The SMILES string of the molecule is CCC(CC)N(CCN1CCCNCC1)CC(C)C. The first-order valence-corrected chi connectivity index (χ1v) is 8.34. The van der Waals surface area contributed by atoms with Crippen LogP contribution in [0.3, 0.4) is 0 Å². The van der Waals surface area contributed by atoms with Crippen LogP contribution in [0.15, 0.2) is 0 Å². The van der Waals surface area contributed by atoms with Crippen molar-refractivity contribution in [1.29, 1.82) is 0 Å². The third kappa shape index (κ3) is 6.73. The maximum absolute atomic E-state index is 3.49. The lowest BCUT2D eigenvalue weighted by Crippen LogP contribution is -2.43. The van der Waals surface area contributed by atoms with Crippen LogP contribution in [-0.2, 0) is 0 Å². The van der Waals surface area contributed by atoms with Crippen molar-refractivity contribution < 1.29 is 0 Å². The van der Waals surface area contributed by atoms with Gasteiger partial charge in [-0.05, 0) is 38.3 Å². The highest BCUT2D eigenvalue weighted by atomic mass is 15.2. The van der Waals surface area contributed by atoms with Crippen LogP contribution in [0.25, 0.3) is 0 Å². The molecule has 0 aliphatic carbocycles. The van der Waals surface area contributed by atoms with E-state index in [1.807, 2.05) is 0 Å². The Hall–Kier alpha value is -0.120. The van der Waals surface area contributed by atoms with Gasteiger partial charge in [0.05, 0.1) is 0 Å². The molecule has 0 spiro atoms. The lowest BCUT2D eigenvalue weighted by Gasteiger charge is -2.33. The maximum atomic E-state index is 3.49. The molecule has 114 valence electrons. The van der Waals surface area contributed by atoms with Gasteiger partial charge in [0.2, 0.25) is 0 Å². The molecular formula is C16H35N3. The van der Waals surface area contributed by atoms with E-state index in [4.69, 9.17) is 0 Å². The third-order valence-electron chi connectivity index (χ3n) is 4.19. The number of hydrogen-bond acceptors (Lipinski definition) is 3. The highest BCUT2D eigenvalue weighted by Gasteiger charge is 2.17. The smallest absolute Gasteiger partial charge is 0.0112 e. The standard InChI is InChI=1S/C16H35N3/c1-5-16(6-2)19(14-15(3)4)13-12-18-10-7-8-17-9-11-18/h15-17H,5-14H2,1-4H3. The molecule has 1 N–H and O–H groups in total. The molecular weight excluding hydrogens is 234 g/mol. The molecule has 0 aromatic carbocycles. The van der Waals surface area contributed by atoms with Gasteiger partial charge in [-0.1, -0.05) is 27.7 Å². The molecule has 0 bridgehead atoms. The van der Waals surface area contributed by atoms with E-state index in [0.717, 1.165) is 18.5 Å². The molecule has 3 heteroatoms. The Bertz CT molecular complexity index is 206. The van der Waals surface area contributed by atoms with Crippen molar-refractivity contribution >= 4 is 0 Å². The summed E-state index contributed by atoms with van der Waals surface area (Å²) >= 11 is 0. The molecule has 0 aromatic rings. The summed E-state index contributed by atoms with van der Waals surface area (Å²) in [5.41, 5.74) is 0. The van der Waals surface area contributed by atoms with Crippen molar-refractivity contribution in [2.24, 2.45) is 5.92 Å². The maximum Gasteiger partial charge on any atom is 0.0112 e. The second kappa shape index (κ2) is 9.73. The zero-order valence-corrected chi connectivity index (χ0v) is 13.6. The molecule has 1 aliphatic heterocycles. The fourth-order valence-corrected chi connectivity index (χ4v) is 3.09. The predicted molar refractivity (Wildman–Crippen MR) is 84.7 cm³/mol. The van der Waals surface area contributed by atoms with Crippen molar-refractivity contribution in [3.63, 3.8) is 0 Å². The summed E-state index contributed by atoms with van der Waals surface area (Å²) in [5.74, 6) is 0.770. The lowest BCUT2D eigenvalue weighted by molar-refractivity contribution is 0.140. The van der Waals surface area contributed by atoms with Gasteiger partial charge in [0.25, 0.3) is 0 Å². The topological polar surface area (TPSA) is 18.5 Å². The Balaban J connectivity index is 2.41. The third-order valence-corrected chi connectivity index (χ3v) is 4.19. The van der Waals surface area contributed by atoms with E-state index in [1.165, 1.54) is 58.5 Å². The number of nitrogens with zero attached hydrogens (tertiary/aromatic N) is 2. The van der Waals surface area contributed by atoms with Crippen molar-refractivity contribution in [2.45, 2.75) is 53.0 Å². The second-order valence-corrected chi connectivity index (χ2v) is 6.30. The average molecular weight is 269 g/mol. The summed E-state index contributed by atoms with van der Waals surface area (Å²) < 4.78 is 0. The van der Waals surface area contributed by atoms with E-state index in [-0.39, 0.29) is 0 Å². The van der Waals surface area contributed by atoms with Gasteiger partial charge in [0, 0.05) is 38.8 Å². The molecule has 19 heavy (non-hydrogen) atoms. The first-order chi connectivity index (χ1) is 9.17. The van der Waals surface area contributed by atoms with Gasteiger partial charge in [-0.25, -0.2) is 0 Å². The van der Waals surface area contributed by atoms with Gasteiger partial charge in [0.15, 0.2) is 0 Å². The molecule has 1 heterocycles. The average Bonchev–Trinajstić information content (AvgIpc) is 2.65. The van der Waals surface area contributed by atoms with Gasteiger partial charge in [-0.2, -0.15) is 0 Å². The van der Waals surface area contributed by atoms with Crippen LogP contribution in [0.1, 0.15) is 47.0 Å². The van der Waals surface area contributed by atoms with Crippen molar-refractivity contribution in [3.05, 3.63) is 0 Å². The minimum Gasteiger partial charge on any atom is -0.315 e. The van der Waals surface area contributed by atoms with Crippen molar-refractivity contribution in [1.82, 2.24) is 15.1 Å². The van der Waals surface area contributed by atoms with E-state index >= 15 is 0 Å². The molecule has 0 atom stereocenters. The Morgan fingerprint density at radius 2 is 1.84 bits per heavy atom. The van der Waals surface area contributed by atoms with E-state index in [9.17, 15) is 0 Å². The number of nitrogens with one attached hydrogen (secondary N) is 1. The first kappa shape index (κ1) is 16.9. The Morgan fingerprint density at radius 1 is 1.11 bits per heavy atom. The number of rotatable bonds is 8. The molecule has 3 nitrogen and oxygen atoms in total. The van der Waals surface area contributed by atoms with Crippen LogP contribution in [0.2, 0.25) is 0 Å². The fourth-order valence-electron chi connectivity index (χ4n) is 3.09. The molecule has 0 amide bonds. The quantitative estimate of drug-likeness (QED) is 0.730.